The highest BCUT2D eigenvalue weighted by atomic mass is 16.3. The molecular weight excluding hydrogens is 264 g/mol. The van der Waals surface area contributed by atoms with Gasteiger partial charge in [0.25, 0.3) is 5.91 Å². The largest absolute Gasteiger partial charge is 0.463 e. The summed E-state index contributed by atoms with van der Waals surface area (Å²) in [5.41, 5.74) is 7.40. The minimum absolute atomic E-state index is 0.0721. The molecule has 1 saturated carbocycles. The van der Waals surface area contributed by atoms with Crippen LogP contribution in [-0.4, -0.2) is 29.4 Å². The molecule has 2 aromatic rings. The third-order valence-corrected chi connectivity index (χ3v) is 4.50. The topological polar surface area (TPSA) is 59.5 Å². The van der Waals surface area contributed by atoms with Gasteiger partial charge in [-0.1, -0.05) is 18.2 Å². The molecule has 1 aromatic carbocycles. The Morgan fingerprint density at radius 2 is 2.00 bits per heavy atom. The molecule has 0 spiro atoms. The fraction of sp³-hybridized carbons (Fsp3) is 0.471. The van der Waals surface area contributed by atoms with Gasteiger partial charge in [-0.15, -0.1) is 0 Å². The van der Waals surface area contributed by atoms with Crippen LogP contribution in [0.2, 0.25) is 0 Å². The number of fused-ring (bicyclic) bond motifs is 1. The molecule has 0 atom stereocenters. The van der Waals surface area contributed by atoms with E-state index in [9.17, 15) is 4.79 Å². The predicted octanol–water partition coefficient (Wildman–Crippen LogP) is 3.16. The molecule has 3 rings (SSSR count). The number of benzene rings is 1. The van der Waals surface area contributed by atoms with Gasteiger partial charge < -0.3 is 15.1 Å². The monoisotopic (exact) mass is 286 g/mol. The summed E-state index contributed by atoms with van der Waals surface area (Å²) < 4.78 is 5.50. The van der Waals surface area contributed by atoms with Crippen LogP contribution in [0.1, 0.15) is 43.0 Å². The smallest absolute Gasteiger partial charge is 0.257 e. The Labute approximate surface area is 124 Å². The van der Waals surface area contributed by atoms with Gasteiger partial charge in [-0.25, -0.2) is 0 Å². The van der Waals surface area contributed by atoms with E-state index in [4.69, 9.17) is 10.2 Å². The van der Waals surface area contributed by atoms with E-state index in [2.05, 4.69) is 0 Å². The molecule has 0 radical (unpaired) electrons. The number of carbonyl (C=O) groups excluding carboxylic acids is 1. The summed E-state index contributed by atoms with van der Waals surface area (Å²) in [6.45, 7) is 2.76. The van der Waals surface area contributed by atoms with Gasteiger partial charge in [-0.05, 0) is 38.7 Å². The molecule has 1 fully saturated rings. The summed E-state index contributed by atoms with van der Waals surface area (Å²) in [5, 5.41) is 0.897. The summed E-state index contributed by atoms with van der Waals surface area (Å²) in [6.07, 6.45) is 5.58. The number of hydrogen-bond acceptors (Lipinski definition) is 3. The van der Waals surface area contributed by atoms with Crippen molar-refractivity contribution in [1.82, 2.24) is 4.90 Å². The first kappa shape index (κ1) is 14.1. The van der Waals surface area contributed by atoms with Crippen LogP contribution in [0.15, 0.2) is 34.9 Å². The second-order valence-electron chi connectivity index (χ2n) is 5.81. The van der Waals surface area contributed by atoms with Crippen molar-refractivity contribution in [2.24, 2.45) is 5.73 Å². The van der Waals surface area contributed by atoms with Crippen molar-refractivity contribution in [3.8, 4) is 0 Å². The summed E-state index contributed by atoms with van der Waals surface area (Å²) in [6, 6.07) is 8.28. The van der Waals surface area contributed by atoms with Gasteiger partial charge in [0, 0.05) is 24.0 Å². The Bertz CT molecular complexity index is 627. The van der Waals surface area contributed by atoms with Crippen molar-refractivity contribution < 1.29 is 9.21 Å². The Hall–Kier alpha value is -1.81. The maximum atomic E-state index is 12.9. The van der Waals surface area contributed by atoms with Gasteiger partial charge in [0.05, 0.1) is 5.56 Å². The highest BCUT2D eigenvalue weighted by Crippen LogP contribution is 2.27. The van der Waals surface area contributed by atoms with Crippen LogP contribution in [-0.2, 0) is 0 Å². The molecule has 1 aliphatic rings. The molecular formula is C17H22N2O2. The number of nitrogens with zero attached hydrogens (tertiary/aromatic N) is 1. The zero-order valence-electron chi connectivity index (χ0n) is 12.4. The first-order chi connectivity index (χ1) is 10.2. The second kappa shape index (κ2) is 5.90. The van der Waals surface area contributed by atoms with Crippen LogP contribution in [0.3, 0.4) is 0 Å². The first-order valence-electron chi connectivity index (χ1n) is 7.73. The molecule has 4 nitrogen and oxygen atoms in total. The van der Waals surface area contributed by atoms with Crippen molar-refractivity contribution in [3.05, 3.63) is 36.1 Å². The lowest BCUT2D eigenvalue weighted by Gasteiger charge is -2.35. The van der Waals surface area contributed by atoms with Gasteiger partial charge in [-0.2, -0.15) is 0 Å². The summed E-state index contributed by atoms with van der Waals surface area (Å²) in [5.74, 6) is 0.0721. The van der Waals surface area contributed by atoms with Crippen LogP contribution in [0.4, 0.5) is 0 Å². The Morgan fingerprint density at radius 3 is 2.71 bits per heavy atom. The third kappa shape index (κ3) is 2.68. The van der Waals surface area contributed by atoms with Crippen molar-refractivity contribution in [1.29, 1.82) is 0 Å². The molecule has 0 saturated heterocycles. The van der Waals surface area contributed by atoms with Crippen molar-refractivity contribution in [2.75, 3.05) is 6.54 Å². The highest BCUT2D eigenvalue weighted by molar-refractivity contribution is 6.06. The molecule has 0 unspecified atom stereocenters. The molecule has 2 N–H and O–H groups in total. The summed E-state index contributed by atoms with van der Waals surface area (Å²) in [7, 11) is 0. The number of carbonyl (C=O) groups is 1. The quantitative estimate of drug-likeness (QED) is 0.942. The molecule has 1 amide bonds. The average Bonchev–Trinajstić information content (AvgIpc) is 2.94. The number of nitrogens with two attached hydrogens (primary N) is 1. The van der Waals surface area contributed by atoms with Crippen molar-refractivity contribution in [2.45, 2.75) is 44.7 Å². The fourth-order valence-electron chi connectivity index (χ4n) is 3.28. The number of furan rings is 1. The standard InChI is InChI=1S/C17H22N2O2/c1-2-19(13-9-7-12(18)8-10-13)17(20)15-11-21-16-6-4-3-5-14(15)16/h3-6,11-13H,2,7-10,18H2,1H3. The van der Waals surface area contributed by atoms with E-state index < -0.39 is 0 Å². The lowest BCUT2D eigenvalue weighted by molar-refractivity contribution is 0.0641. The fourth-order valence-corrected chi connectivity index (χ4v) is 3.28. The summed E-state index contributed by atoms with van der Waals surface area (Å²) >= 11 is 0. The van der Waals surface area contributed by atoms with Crippen LogP contribution in [0.5, 0.6) is 0 Å². The van der Waals surface area contributed by atoms with Gasteiger partial charge in [0.2, 0.25) is 0 Å². The van der Waals surface area contributed by atoms with E-state index in [1.807, 2.05) is 36.1 Å². The Kier molecular flexibility index (Phi) is 3.97. The maximum Gasteiger partial charge on any atom is 0.257 e. The normalized spacial score (nSPS) is 22.4. The maximum absolute atomic E-state index is 12.9. The molecule has 112 valence electrons. The number of para-hydroxylation sites is 1. The van der Waals surface area contributed by atoms with Crippen LogP contribution in [0.25, 0.3) is 11.0 Å². The zero-order chi connectivity index (χ0) is 14.8. The number of hydrogen-bond donors (Lipinski definition) is 1. The van der Waals surface area contributed by atoms with Crippen LogP contribution < -0.4 is 5.73 Å². The molecule has 21 heavy (non-hydrogen) atoms. The first-order valence-corrected chi connectivity index (χ1v) is 7.73. The van der Waals surface area contributed by atoms with Gasteiger partial charge in [0.1, 0.15) is 11.8 Å². The van der Waals surface area contributed by atoms with E-state index in [0.29, 0.717) is 17.6 Å². The van der Waals surface area contributed by atoms with E-state index in [0.717, 1.165) is 43.2 Å². The van der Waals surface area contributed by atoms with Gasteiger partial charge in [0.15, 0.2) is 0 Å². The molecule has 4 heteroatoms. The Balaban J connectivity index is 1.85. The van der Waals surface area contributed by atoms with E-state index >= 15 is 0 Å². The minimum atomic E-state index is 0.0721. The lowest BCUT2D eigenvalue weighted by atomic mass is 9.90. The number of amides is 1. The molecule has 0 bridgehead atoms. The number of rotatable bonds is 3. The van der Waals surface area contributed by atoms with Crippen LogP contribution >= 0.6 is 0 Å². The van der Waals surface area contributed by atoms with Gasteiger partial charge in [-0.3, -0.25) is 4.79 Å². The Morgan fingerprint density at radius 1 is 1.29 bits per heavy atom. The van der Waals surface area contributed by atoms with E-state index in [1.165, 1.54) is 0 Å². The van der Waals surface area contributed by atoms with E-state index in [-0.39, 0.29) is 5.91 Å². The highest BCUT2D eigenvalue weighted by Gasteiger charge is 2.28. The average molecular weight is 286 g/mol. The van der Waals surface area contributed by atoms with Crippen molar-refractivity contribution in [3.63, 3.8) is 0 Å². The molecule has 1 heterocycles. The second-order valence-corrected chi connectivity index (χ2v) is 5.81. The summed E-state index contributed by atoms with van der Waals surface area (Å²) in [4.78, 5) is 14.8. The predicted molar refractivity (Wildman–Crippen MR) is 83.2 cm³/mol. The molecule has 1 aromatic heterocycles. The third-order valence-electron chi connectivity index (χ3n) is 4.50. The SMILES string of the molecule is CCN(C(=O)c1coc2ccccc12)C1CCC(N)CC1. The van der Waals surface area contributed by atoms with E-state index in [1.54, 1.807) is 6.26 Å². The minimum Gasteiger partial charge on any atom is -0.463 e. The van der Waals surface area contributed by atoms with Gasteiger partial charge >= 0.3 is 0 Å². The molecule has 1 aliphatic carbocycles. The zero-order valence-corrected chi connectivity index (χ0v) is 12.4. The van der Waals surface area contributed by atoms with Crippen LogP contribution in [0, 0.1) is 0 Å². The molecule has 0 aliphatic heterocycles. The lowest BCUT2D eigenvalue weighted by Crippen LogP contribution is -2.44. The van der Waals surface area contributed by atoms with Crippen molar-refractivity contribution >= 4 is 16.9 Å².